The number of morpholine rings is 1. The van der Waals surface area contributed by atoms with E-state index >= 15 is 0 Å². The van der Waals surface area contributed by atoms with Gasteiger partial charge in [0.1, 0.15) is 0 Å². The maximum Gasteiger partial charge on any atom is 0.245 e. The van der Waals surface area contributed by atoms with E-state index < -0.39 is 0 Å². The van der Waals surface area contributed by atoms with Crippen LogP contribution in [0.5, 0.6) is 0 Å². The average Bonchev–Trinajstić information content (AvgIpc) is 2.90. The number of hydrogen-bond acceptors (Lipinski definition) is 6. The van der Waals surface area contributed by atoms with E-state index in [2.05, 4.69) is 30.3 Å². The lowest BCUT2D eigenvalue weighted by Gasteiger charge is -2.25. The van der Waals surface area contributed by atoms with Gasteiger partial charge in [-0.2, -0.15) is 15.2 Å². The van der Waals surface area contributed by atoms with E-state index in [1.54, 1.807) is 12.4 Å². The Morgan fingerprint density at radius 2 is 2.12 bits per heavy atom. The highest BCUT2D eigenvalue weighted by Gasteiger charge is 2.15. The summed E-state index contributed by atoms with van der Waals surface area (Å²) in [6.07, 6.45) is 3.29. The summed E-state index contributed by atoms with van der Waals surface area (Å²) < 4.78 is 5.29. The maximum absolute atomic E-state index is 5.29. The lowest BCUT2D eigenvalue weighted by atomic mass is 10.3. The third-order valence-corrected chi connectivity index (χ3v) is 2.63. The Hall–Kier alpha value is -2.02. The van der Waals surface area contributed by atoms with Gasteiger partial charge in [-0.25, -0.2) is 0 Å². The van der Waals surface area contributed by atoms with Crippen molar-refractivity contribution in [1.29, 1.82) is 0 Å². The molecule has 0 unspecified atom stereocenters. The molecular weight excluding hydrogens is 220 g/mol. The van der Waals surface area contributed by atoms with E-state index in [9.17, 15) is 0 Å². The van der Waals surface area contributed by atoms with Crippen molar-refractivity contribution in [3.05, 3.63) is 18.5 Å². The number of aromatic nitrogens is 5. The highest BCUT2D eigenvalue weighted by Crippen LogP contribution is 2.16. The van der Waals surface area contributed by atoms with Crippen molar-refractivity contribution in [3.63, 3.8) is 0 Å². The Morgan fingerprint density at radius 3 is 2.88 bits per heavy atom. The fourth-order valence-corrected chi connectivity index (χ4v) is 1.72. The van der Waals surface area contributed by atoms with Gasteiger partial charge in [0.05, 0.1) is 25.6 Å². The van der Waals surface area contributed by atoms with E-state index in [-0.39, 0.29) is 0 Å². The van der Waals surface area contributed by atoms with Crippen molar-refractivity contribution in [3.8, 4) is 11.4 Å². The zero-order chi connectivity index (χ0) is 11.5. The smallest absolute Gasteiger partial charge is 0.245 e. The molecule has 2 aromatic rings. The van der Waals surface area contributed by atoms with E-state index in [0.29, 0.717) is 11.8 Å². The maximum atomic E-state index is 5.29. The first-order chi connectivity index (χ1) is 8.43. The Bertz CT molecular complexity index is 479. The van der Waals surface area contributed by atoms with E-state index in [1.165, 1.54) is 0 Å². The molecule has 2 aromatic heterocycles. The minimum Gasteiger partial charge on any atom is -0.378 e. The molecule has 7 nitrogen and oxygen atoms in total. The third kappa shape index (κ3) is 2.09. The quantitative estimate of drug-likeness (QED) is 0.791. The molecule has 3 rings (SSSR count). The second kappa shape index (κ2) is 4.46. The van der Waals surface area contributed by atoms with Gasteiger partial charge in [-0.05, 0) is 6.07 Å². The molecule has 7 heteroatoms. The van der Waals surface area contributed by atoms with Gasteiger partial charge < -0.3 is 9.64 Å². The molecule has 88 valence electrons. The predicted octanol–water partition coefficient (Wildman–Crippen LogP) is 0.0983. The van der Waals surface area contributed by atoms with Crippen LogP contribution in [-0.2, 0) is 4.74 Å². The standard InChI is InChI=1S/C10H12N6O/c1-2-11-12-7-8(1)9-13-10(15-14-9)16-3-5-17-6-4-16/h1-2,7H,3-6H2,(H,13,14,15). The molecule has 1 saturated heterocycles. The molecule has 0 aliphatic carbocycles. The van der Waals surface area contributed by atoms with E-state index in [4.69, 9.17) is 4.74 Å². The first-order valence-corrected chi connectivity index (χ1v) is 5.45. The third-order valence-electron chi connectivity index (χ3n) is 2.63. The number of nitrogens with one attached hydrogen (secondary N) is 1. The van der Waals surface area contributed by atoms with Crippen molar-refractivity contribution in [2.24, 2.45) is 0 Å². The Labute approximate surface area is 97.8 Å². The Balaban J connectivity index is 1.83. The zero-order valence-electron chi connectivity index (χ0n) is 9.20. The minimum absolute atomic E-state index is 0.708. The minimum atomic E-state index is 0.708. The van der Waals surface area contributed by atoms with Crippen molar-refractivity contribution in [2.75, 3.05) is 31.2 Å². The van der Waals surface area contributed by atoms with Gasteiger partial charge in [0, 0.05) is 18.7 Å². The van der Waals surface area contributed by atoms with Crippen LogP contribution in [0.15, 0.2) is 18.5 Å². The summed E-state index contributed by atoms with van der Waals surface area (Å²) in [5, 5.41) is 14.7. The lowest BCUT2D eigenvalue weighted by molar-refractivity contribution is 0.122. The molecule has 1 aliphatic rings. The number of nitrogens with zero attached hydrogens (tertiary/aromatic N) is 5. The van der Waals surface area contributed by atoms with Crippen LogP contribution in [0.4, 0.5) is 5.95 Å². The van der Waals surface area contributed by atoms with Crippen molar-refractivity contribution in [2.45, 2.75) is 0 Å². The second-order valence-electron chi connectivity index (χ2n) is 3.71. The van der Waals surface area contributed by atoms with Crippen LogP contribution in [0.2, 0.25) is 0 Å². The summed E-state index contributed by atoms with van der Waals surface area (Å²) >= 11 is 0. The zero-order valence-corrected chi connectivity index (χ0v) is 9.20. The lowest BCUT2D eigenvalue weighted by Crippen LogP contribution is -2.36. The first kappa shape index (κ1) is 10.2. The van der Waals surface area contributed by atoms with Gasteiger partial charge in [0.2, 0.25) is 5.95 Å². The molecule has 1 N–H and O–H groups in total. The van der Waals surface area contributed by atoms with Crippen LogP contribution < -0.4 is 4.90 Å². The molecule has 0 bridgehead atoms. The van der Waals surface area contributed by atoms with Gasteiger partial charge >= 0.3 is 0 Å². The van der Waals surface area contributed by atoms with Crippen molar-refractivity contribution < 1.29 is 4.74 Å². The molecule has 3 heterocycles. The van der Waals surface area contributed by atoms with Gasteiger partial charge in [0.15, 0.2) is 5.82 Å². The van der Waals surface area contributed by atoms with Crippen LogP contribution in [-0.4, -0.2) is 51.7 Å². The van der Waals surface area contributed by atoms with Gasteiger partial charge in [-0.15, -0.1) is 5.10 Å². The topological polar surface area (TPSA) is 79.8 Å². The molecular formula is C10H12N6O. The highest BCUT2D eigenvalue weighted by atomic mass is 16.5. The monoisotopic (exact) mass is 232 g/mol. The molecule has 0 radical (unpaired) electrons. The molecule has 0 amide bonds. The fraction of sp³-hybridized carbons (Fsp3) is 0.400. The second-order valence-corrected chi connectivity index (χ2v) is 3.71. The summed E-state index contributed by atoms with van der Waals surface area (Å²) in [6.45, 7) is 3.10. The van der Waals surface area contributed by atoms with Crippen LogP contribution in [0.3, 0.4) is 0 Å². The predicted molar refractivity (Wildman–Crippen MR) is 60.4 cm³/mol. The van der Waals surface area contributed by atoms with Crippen LogP contribution in [0, 0.1) is 0 Å². The molecule has 0 aromatic carbocycles. The average molecular weight is 232 g/mol. The van der Waals surface area contributed by atoms with E-state index in [0.717, 1.165) is 31.9 Å². The van der Waals surface area contributed by atoms with Gasteiger partial charge in [-0.1, -0.05) is 0 Å². The summed E-state index contributed by atoms with van der Waals surface area (Å²) in [4.78, 5) is 6.54. The largest absolute Gasteiger partial charge is 0.378 e. The summed E-state index contributed by atoms with van der Waals surface area (Å²) in [5.74, 6) is 1.42. The number of rotatable bonds is 2. The molecule has 0 spiro atoms. The number of anilines is 1. The number of H-pyrrole nitrogens is 1. The van der Waals surface area contributed by atoms with Crippen molar-refractivity contribution >= 4 is 5.95 Å². The number of ether oxygens (including phenoxy) is 1. The highest BCUT2D eigenvalue weighted by molar-refractivity contribution is 5.54. The number of hydrogen-bond donors (Lipinski definition) is 1. The van der Waals surface area contributed by atoms with Crippen LogP contribution in [0.25, 0.3) is 11.4 Å². The fourth-order valence-electron chi connectivity index (χ4n) is 1.72. The molecule has 17 heavy (non-hydrogen) atoms. The Morgan fingerprint density at radius 1 is 1.24 bits per heavy atom. The normalized spacial score (nSPS) is 16.1. The molecule has 0 atom stereocenters. The molecule has 1 fully saturated rings. The SMILES string of the molecule is c1cc(-c2nc(N3CCOCC3)n[nH]2)cnn1. The summed E-state index contributed by atoms with van der Waals surface area (Å²) in [6, 6.07) is 1.84. The Kier molecular flexibility index (Phi) is 2.66. The van der Waals surface area contributed by atoms with E-state index in [1.807, 2.05) is 6.07 Å². The van der Waals surface area contributed by atoms with Crippen LogP contribution >= 0.6 is 0 Å². The first-order valence-electron chi connectivity index (χ1n) is 5.45. The van der Waals surface area contributed by atoms with Crippen molar-refractivity contribution in [1.82, 2.24) is 25.4 Å². The molecule has 0 saturated carbocycles. The van der Waals surface area contributed by atoms with Crippen LogP contribution in [0.1, 0.15) is 0 Å². The molecule has 1 aliphatic heterocycles. The summed E-state index contributed by atoms with van der Waals surface area (Å²) in [5.41, 5.74) is 0.881. The summed E-state index contributed by atoms with van der Waals surface area (Å²) in [7, 11) is 0. The number of aromatic amines is 1. The van der Waals surface area contributed by atoms with Gasteiger partial charge in [0.25, 0.3) is 0 Å². The van der Waals surface area contributed by atoms with Gasteiger partial charge in [-0.3, -0.25) is 5.10 Å².